The Bertz CT molecular complexity index is 522. The molecule has 5 heteroatoms. The number of benzene rings is 1. The van der Waals surface area contributed by atoms with E-state index in [2.05, 4.69) is 24.1 Å². The summed E-state index contributed by atoms with van der Waals surface area (Å²) in [5.41, 5.74) is 6.06. The second-order valence-corrected chi connectivity index (χ2v) is 5.38. The lowest BCUT2D eigenvalue weighted by Gasteiger charge is -2.12. The fourth-order valence-electron chi connectivity index (χ4n) is 1.67. The zero-order chi connectivity index (χ0) is 15.0. The summed E-state index contributed by atoms with van der Waals surface area (Å²) in [7, 11) is 0. The van der Waals surface area contributed by atoms with Crippen molar-refractivity contribution in [2.45, 2.75) is 6.92 Å². The van der Waals surface area contributed by atoms with Gasteiger partial charge in [0, 0.05) is 12.1 Å². The third-order valence-electron chi connectivity index (χ3n) is 2.61. The summed E-state index contributed by atoms with van der Waals surface area (Å²) in [6.45, 7) is 2.81. The van der Waals surface area contributed by atoms with Gasteiger partial charge in [-0.05, 0) is 36.1 Å². The third kappa shape index (κ3) is 5.24. The molecule has 0 aromatic heterocycles. The van der Waals surface area contributed by atoms with Crippen LogP contribution in [0.25, 0.3) is 0 Å². The first-order chi connectivity index (χ1) is 9.58. The van der Waals surface area contributed by atoms with Crippen LogP contribution in [0.1, 0.15) is 22.8 Å². The van der Waals surface area contributed by atoms with E-state index < -0.39 is 5.82 Å². The fourth-order valence-corrected chi connectivity index (χ4v) is 2.35. The van der Waals surface area contributed by atoms with Crippen molar-refractivity contribution in [1.82, 2.24) is 5.32 Å². The number of amides is 1. The summed E-state index contributed by atoms with van der Waals surface area (Å²) in [6, 6.07) is 3.99. The third-order valence-corrected chi connectivity index (χ3v) is 3.52. The van der Waals surface area contributed by atoms with Gasteiger partial charge >= 0.3 is 0 Å². The smallest absolute Gasteiger partial charge is 0.252 e. The van der Waals surface area contributed by atoms with Crippen molar-refractivity contribution in [3.63, 3.8) is 0 Å². The van der Waals surface area contributed by atoms with Crippen molar-refractivity contribution < 1.29 is 9.18 Å². The van der Waals surface area contributed by atoms with E-state index in [1.54, 1.807) is 11.8 Å². The van der Waals surface area contributed by atoms with E-state index in [1.165, 1.54) is 18.2 Å². The Labute approximate surface area is 123 Å². The minimum Gasteiger partial charge on any atom is -0.352 e. The van der Waals surface area contributed by atoms with E-state index in [-0.39, 0.29) is 18.0 Å². The highest BCUT2D eigenvalue weighted by Gasteiger charge is 2.12. The molecule has 0 radical (unpaired) electrons. The van der Waals surface area contributed by atoms with Gasteiger partial charge in [-0.15, -0.1) is 0 Å². The monoisotopic (exact) mass is 294 g/mol. The van der Waals surface area contributed by atoms with Gasteiger partial charge in [-0.3, -0.25) is 4.79 Å². The lowest BCUT2D eigenvalue weighted by molar-refractivity contribution is 0.0948. The topological polar surface area (TPSA) is 55.1 Å². The maximum Gasteiger partial charge on any atom is 0.252 e. The molecule has 1 unspecified atom stereocenters. The number of nitrogens with one attached hydrogen (secondary N) is 1. The molecule has 0 saturated heterocycles. The molecule has 1 rings (SSSR count). The van der Waals surface area contributed by atoms with Crippen LogP contribution in [-0.2, 0) is 0 Å². The van der Waals surface area contributed by atoms with Crippen molar-refractivity contribution in [3.05, 3.63) is 35.1 Å². The molecule has 0 fully saturated rings. The Balaban J connectivity index is 2.83. The van der Waals surface area contributed by atoms with Crippen molar-refractivity contribution in [2.75, 3.05) is 25.1 Å². The van der Waals surface area contributed by atoms with Gasteiger partial charge < -0.3 is 11.1 Å². The predicted molar refractivity (Wildman–Crippen MR) is 82.2 cm³/mol. The molecule has 1 aromatic rings. The second-order valence-electron chi connectivity index (χ2n) is 4.47. The molecule has 0 heterocycles. The van der Waals surface area contributed by atoms with Gasteiger partial charge in [-0.1, -0.05) is 18.8 Å². The summed E-state index contributed by atoms with van der Waals surface area (Å²) in [4.78, 5) is 12.1. The van der Waals surface area contributed by atoms with Crippen LogP contribution in [0, 0.1) is 23.6 Å². The average molecular weight is 294 g/mol. The van der Waals surface area contributed by atoms with Crippen LogP contribution in [0.5, 0.6) is 0 Å². The molecule has 3 N–H and O–H groups in total. The second kappa shape index (κ2) is 8.62. The van der Waals surface area contributed by atoms with E-state index in [4.69, 9.17) is 5.73 Å². The molecule has 20 heavy (non-hydrogen) atoms. The van der Waals surface area contributed by atoms with Gasteiger partial charge in [0.2, 0.25) is 0 Å². The quantitative estimate of drug-likeness (QED) is 0.815. The lowest BCUT2D eigenvalue weighted by Crippen LogP contribution is -2.29. The zero-order valence-corrected chi connectivity index (χ0v) is 12.5. The van der Waals surface area contributed by atoms with Crippen LogP contribution in [0.3, 0.4) is 0 Å². The summed E-state index contributed by atoms with van der Waals surface area (Å²) in [5.74, 6) is 6.03. The number of hydrogen-bond acceptors (Lipinski definition) is 3. The Hall–Kier alpha value is -1.51. The Morgan fingerprint density at radius 1 is 1.55 bits per heavy atom. The highest BCUT2D eigenvalue weighted by Crippen LogP contribution is 2.11. The molecule has 0 aliphatic rings. The summed E-state index contributed by atoms with van der Waals surface area (Å²) in [6.07, 6.45) is 2.02. The minimum absolute atomic E-state index is 0.198. The van der Waals surface area contributed by atoms with Crippen molar-refractivity contribution in [1.29, 1.82) is 0 Å². The van der Waals surface area contributed by atoms with Crippen molar-refractivity contribution in [3.8, 4) is 11.8 Å². The molecular weight excluding hydrogens is 275 g/mol. The zero-order valence-electron chi connectivity index (χ0n) is 11.7. The number of halogens is 1. The highest BCUT2D eigenvalue weighted by atomic mass is 32.2. The summed E-state index contributed by atoms with van der Waals surface area (Å²) >= 11 is 1.73. The first-order valence-electron chi connectivity index (χ1n) is 6.34. The van der Waals surface area contributed by atoms with Crippen LogP contribution in [0.15, 0.2) is 18.2 Å². The van der Waals surface area contributed by atoms with Crippen LogP contribution in [-0.4, -0.2) is 31.0 Å². The van der Waals surface area contributed by atoms with Gasteiger partial charge in [0.25, 0.3) is 5.91 Å². The Morgan fingerprint density at radius 2 is 2.30 bits per heavy atom. The van der Waals surface area contributed by atoms with Crippen LogP contribution in [0.2, 0.25) is 0 Å². The maximum atomic E-state index is 13.3. The van der Waals surface area contributed by atoms with Crippen LogP contribution < -0.4 is 11.1 Å². The van der Waals surface area contributed by atoms with Gasteiger partial charge in [-0.2, -0.15) is 11.8 Å². The van der Waals surface area contributed by atoms with E-state index in [1.807, 2.05) is 6.26 Å². The number of hydrogen-bond donors (Lipinski definition) is 2. The number of carbonyl (C=O) groups is 1. The SMILES string of the molecule is CSCC(C)CNC(=O)c1cc(F)ccc1C#CCN. The number of nitrogens with two attached hydrogens (primary N) is 1. The molecule has 1 amide bonds. The van der Waals surface area contributed by atoms with Crippen molar-refractivity contribution in [2.24, 2.45) is 11.7 Å². The maximum absolute atomic E-state index is 13.3. The largest absolute Gasteiger partial charge is 0.352 e. The Morgan fingerprint density at radius 3 is 2.95 bits per heavy atom. The van der Waals surface area contributed by atoms with Gasteiger partial charge in [0.1, 0.15) is 5.82 Å². The van der Waals surface area contributed by atoms with Gasteiger partial charge in [0.05, 0.1) is 12.1 Å². The molecule has 0 saturated carbocycles. The molecule has 1 aromatic carbocycles. The minimum atomic E-state index is -0.453. The first kappa shape index (κ1) is 16.5. The molecule has 3 nitrogen and oxygen atoms in total. The number of carbonyl (C=O) groups excluding carboxylic acids is 1. The molecular formula is C15H19FN2OS. The van der Waals surface area contributed by atoms with Gasteiger partial charge in [-0.25, -0.2) is 4.39 Å². The molecule has 0 aliphatic carbocycles. The molecule has 1 atom stereocenters. The van der Waals surface area contributed by atoms with E-state index in [9.17, 15) is 9.18 Å². The fraction of sp³-hybridized carbons (Fsp3) is 0.400. The molecule has 0 aliphatic heterocycles. The average Bonchev–Trinajstić information content (AvgIpc) is 2.43. The lowest BCUT2D eigenvalue weighted by atomic mass is 10.1. The highest BCUT2D eigenvalue weighted by molar-refractivity contribution is 7.98. The van der Waals surface area contributed by atoms with E-state index in [0.29, 0.717) is 18.0 Å². The normalized spacial score (nSPS) is 11.4. The Kier molecular flexibility index (Phi) is 7.13. The van der Waals surface area contributed by atoms with Crippen molar-refractivity contribution >= 4 is 17.7 Å². The van der Waals surface area contributed by atoms with E-state index in [0.717, 1.165) is 5.75 Å². The number of thioether (sulfide) groups is 1. The van der Waals surface area contributed by atoms with Crippen LogP contribution in [0.4, 0.5) is 4.39 Å². The molecule has 0 spiro atoms. The standard InChI is InChI=1S/C15H19FN2OS/c1-11(10-20-2)9-18-15(19)14-8-13(16)6-5-12(14)4-3-7-17/h5-6,8,11H,7,9-10,17H2,1-2H3,(H,18,19). The number of rotatable bonds is 5. The molecule has 108 valence electrons. The summed E-state index contributed by atoms with van der Waals surface area (Å²) < 4.78 is 13.3. The van der Waals surface area contributed by atoms with E-state index >= 15 is 0 Å². The first-order valence-corrected chi connectivity index (χ1v) is 7.73. The van der Waals surface area contributed by atoms with Gasteiger partial charge in [0.15, 0.2) is 0 Å². The summed E-state index contributed by atoms with van der Waals surface area (Å²) in [5, 5.41) is 2.81. The predicted octanol–water partition coefficient (Wildman–Crippen LogP) is 1.86. The van der Waals surface area contributed by atoms with Crippen LogP contribution >= 0.6 is 11.8 Å². The molecule has 0 bridgehead atoms.